The molecule has 186 valence electrons. The highest BCUT2D eigenvalue weighted by Crippen LogP contribution is 2.09. The standard InChI is InChI=1S/C23H41N7O3/c1-16-7-9-19(10-8-16)12-17(2)13-27-23(33)30-20(6-4-5-11-24)15-28-22(32)29-18(3)14-26-21(25)31/h7-10,17-18,20H,4-6,11-15,24H2,1-3H3,(H3,25,26,31)(H2,27,30,33)(H2,28,29,32)/t17-,18-,20-/m0/s1. The van der Waals surface area contributed by atoms with Crippen LogP contribution >= 0.6 is 0 Å². The van der Waals surface area contributed by atoms with Gasteiger partial charge in [0.25, 0.3) is 0 Å². The van der Waals surface area contributed by atoms with Crippen molar-refractivity contribution in [2.24, 2.45) is 17.4 Å². The minimum Gasteiger partial charge on any atom is -0.352 e. The summed E-state index contributed by atoms with van der Waals surface area (Å²) < 4.78 is 0. The number of hydrogen-bond acceptors (Lipinski definition) is 4. The van der Waals surface area contributed by atoms with Crippen LogP contribution in [0.1, 0.15) is 44.2 Å². The molecule has 33 heavy (non-hydrogen) atoms. The van der Waals surface area contributed by atoms with Crippen molar-refractivity contribution in [3.8, 4) is 0 Å². The number of hydrogen-bond donors (Lipinski definition) is 7. The van der Waals surface area contributed by atoms with Crippen molar-refractivity contribution in [2.75, 3.05) is 26.2 Å². The second-order valence-electron chi connectivity index (χ2n) is 8.63. The maximum absolute atomic E-state index is 12.4. The van der Waals surface area contributed by atoms with Crippen molar-refractivity contribution >= 4 is 18.1 Å². The second kappa shape index (κ2) is 15.7. The van der Waals surface area contributed by atoms with E-state index in [2.05, 4.69) is 64.7 Å². The molecule has 0 aliphatic heterocycles. The number of nitrogens with two attached hydrogens (primary N) is 2. The van der Waals surface area contributed by atoms with Crippen LogP contribution in [0.4, 0.5) is 14.4 Å². The molecule has 0 saturated carbocycles. The number of carbonyl (C=O) groups excluding carboxylic acids is 3. The van der Waals surface area contributed by atoms with Crippen LogP contribution in [-0.2, 0) is 6.42 Å². The van der Waals surface area contributed by atoms with Gasteiger partial charge in [-0.2, -0.15) is 0 Å². The van der Waals surface area contributed by atoms with Crippen molar-refractivity contribution in [1.29, 1.82) is 0 Å². The Morgan fingerprint density at radius 3 is 2.15 bits per heavy atom. The Kier molecular flexibility index (Phi) is 13.4. The van der Waals surface area contributed by atoms with Crippen LogP contribution in [0.3, 0.4) is 0 Å². The molecule has 1 aromatic carbocycles. The predicted molar refractivity (Wildman–Crippen MR) is 131 cm³/mol. The molecular formula is C23H41N7O3. The summed E-state index contributed by atoms with van der Waals surface area (Å²) >= 11 is 0. The third kappa shape index (κ3) is 13.9. The third-order valence-corrected chi connectivity index (χ3v) is 5.13. The third-order valence-electron chi connectivity index (χ3n) is 5.13. The molecule has 0 spiro atoms. The van der Waals surface area contributed by atoms with E-state index in [9.17, 15) is 14.4 Å². The summed E-state index contributed by atoms with van der Waals surface area (Å²) in [6.07, 6.45) is 3.26. The topological polar surface area (TPSA) is 163 Å². The lowest BCUT2D eigenvalue weighted by Gasteiger charge is -2.22. The summed E-state index contributed by atoms with van der Waals surface area (Å²) in [6.45, 7) is 7.53. The quantitative estimate of drug-likeness (QED) is 0.207. The van der Waals surface area contributed by atoms with Gasteiger partial charge in [-0.05, 0) is 51.1 Å². The lowest BCUT2D eigenvalue weighted by atomic mass is 10.0. The number of urea groups is 3. The van der Waals surface area contributed by atoms with Crippen molar-refractivity contribution in [3.63, 3.8) is 0 Å². The van der Waals surface area contributed by atoms with E-state index in [1.54, 1.807) is 6.92 Å². The first kappa shape index (κ1) is 28.0. The Hall–Kier alpha value is -3.01. The molecule has 3 atom stereocenters. The minimum atomic E-state index is -0.646. The first-order valence-electron chi connectivity index (χ1n) is 11.6. The fraction of sp³-hybridized carbons (Fsp3) is 0.609. The van der Waals surface area contributed by atoms with Crippen molar-refractivity contribution in [1.82, 2.24) is 26.6 Å². The smallest absolute Gasteiger partial charge is 0.315 e. The lowest BCUT2D eigenvalue weighted by molar-refractivity contribution is 0.228. The van der Waals surface area contributed by atoms with Crippen LogP contribution in [0.5, 0.6) is 0 Å². The van der Waals surface area contributed by atoms with Gasteiger partial charge in [0.2, 0.25) is 0 Å². The SMILES string of the molecule is Cc1ccc(C[C@H](C)CNC(=O)N[C@@H](CCCCN)CNC(=O)N[C@@H](C)CNC(N)=O)cc1. The summed E-state index contributed by atoms with van der Waals surface area (Å²) in [6, 6.07) is 6.59. The molecule has 6 amide bonds. The largest absolute Gasteiger partial charge is 0.352 e. The molecule has 9 N–H and O–H groups in total. The highest BCUT2D eigenvalue weighted by atomic mass is 16.2. The molecule has 10 nitrogen and oxygen atoms in total. The van der Waals surface area contributed by atoms with E-state index >= 15 is 0 Å². The predicted octanol–water partition coefficient (Wildman–Crippen LogP) is 1.33. The maximum Gasteiger partial charge on any atom is 0.315 e. The average molecular weight is 464 g/mol. The number of rotatable bonds is 14. The molecule has 0 heterocycles. The van der Waals surface area contributed by atoms with Crippen molar-refractivity contribution < 1.29 is 14.4 Å². The van der Waals surface area contributed by atoms with Crippen LogP contribution < -0.4 is 38.1 Å². The minimum absolute atomic E-state index is 0.226. The van der Waals surface area contributed by atoms with Gasteiger partial charge in [0.1, 0.15) is 0 Å². The molecule has 0 aliphatic rings. The summed E-state index contributed by atoms with van der Waals surface area (Å²) in [7, 11) is 0. The zero-order valence-electron chi connectivity index (χ0n) is 20.1. The maximum atomic E-state index is 12.4. The fourth-order valence-electron chi connectivity index (χ4n) is 3.26. The van der Waals surface area contributed by atoms with Crippen LogP contribution in [0, 0.1) is 12.8 Å². The van der Waals surface area contributed by atoms with Crippen molar-refractivity contribution in [3.05, 3.63) is 35.4 Å². The number of carbonyl (C=O) groups is 3. The summed E-state index contributed by atoms with van der Waals surface area (Å²) in [4.78, 5) is 35.3. The zero-order valence-corrected chi connectivity index (χ0v) is 20.1. The number of nitrogens with one attached hydrogen (secondary N) is 5. The highest BCUT2D eigenvalue weighted by Gasteiger charge is 2.15. The molecule has 10 heteroatoms. The summed E-state index contributed by atoms with van der Waals surface area (Å²) in [5, 5.41) is 13.8. The lowest BCUT2D eigenvalue weighted by Crippen LogP contribution is -2.52. The van der Waals surface area contributed by atoms with Crippen LogP contribution in [-0.4, -0.2) is 56.4 Å². The van der Waals surface area contributed by atoms with Gasteiger partial charge in [0, 0.05) is 31.7 Å². The first-order chi connectivity index (χ1) is 15.7. The van der Waals surface area contributed by atoms with E-state index in [4.69, 9.17) is 11.5 Å². The fourth-order valence-corrected chi connectivity index (χ4v) is 3.26. The first-order valence-corrected chi connectivity index (χ1v) is 11.6. The zero-order chi connectivity index (χ0) is 24.6. The van der Waals surface area contributed by atoms with Gasteiger partial charge in [-0.1, -0.05) is 43.2 Å². The van der Waals surface area contributed by atoms with E-state index in [0.717, 1.165) is 19.3 Å². The van der Waals surface area contributed by atoms with E-state index in [1.165, 1.54) is 11.1 Å². The van der Waals surface area contributed by atoms with Gasteiger partial charge in [-0.15, -0.1) is 0 Å². The van der Waals surface area contributed by atoms with Gasteiger partial charge >= 0.3 is 18.1 Å². The Labute approximate surface area is 197 Å². The molecule has 0 aromatic heterocycles. The van der Waals surface area contributed by atoms with Gasteiger partial charge in [-0.25, -0.2) is 14.4 Å². The van der Waals surface area contributed by atoms with Gasteiger partial charge in [0.05, 0.1) is 0 Å². The molecule has 0 fully saturated rings. The van der Waals surface area contributed by atoms with E-state index in [1.807, 2.05) is 0 Å². The molecule has 0 unspecified atom stereocenters. The number of benzene rings is 1. The molecule has 0 aliphatic carbocycles. The highest BCUT2D eigenvalue weighted by molar-refractivity contribution is 5.76. The van der Waals surface area contributed by atoms with Gasteiger partial charge in [0.15, 0.2) is 0 Å². The molecule has 1 aromatic rings. The number of unbranched alkanes of at least 4 members (excludes halogenated alkanes) is 1. The molecule has 1 rings (SSSR count). The van der Waals surface area contributed by atoms with E-state index < -0.39 is 6.03 Å². The molecular weight excluding hydrogens is 422 g/mol. The van der Waals surface area contributed by atoms with Gasteiger partial charge in [-0.3, -0.25) is 0 Å². The summed E-state index contributed by atoms with van der Waals surface area (Å²) in [5.74, 6) is 0.286. The Bertz CT molecular complexity index is 727. The van der Waals surface area contributed by atoms with Crippen LogP contribution in [0.2, 0.25) is 0 Å². The second-order valence-corrected chi connectivity index (χ2v) is 8.63. The normalized spacial score (nSPS) is 13.3. The van der Waals surface area contributed by atoms with E-state index in [-0.39, 0.29) is 43.2 Å². The number of amides is 6. The molecule has 0 bridgehead atoms. The molecule has 0 saturated heterocycles. The van der Waals surface area contributed by atoms with Crippen LogP contribution in [0.25, 0.3) is 0 Å². The van der Waals surface area contributed by atoms with E-state index in [0.29, 0.717) is 19.5 Å². The van der Waals surface area contributed by atoms with Gasteiger partial charge < -0.3 is 38.1 Å². The Morgan fingerprint density at radius 1 is 0.879 bits per heavy atom. The Morgan fingerprint density at radius 2 is 1.52 bits per heavy atom. The molecule has 0 radical (unpaired) electrons. The van der Waals surface area contributed by atoms with Crippen LogP contribution in [0.15, 0.2) is 24.3 Å². The summed E-state index contributed by atoms with van der Waals surface area (Å²) in [5.41, 5.74) is 13.1. The average Bonchev–Trinajstić information content (AvgIpc) is 2.76. The van der Waals surface area contributed by atoms with Crippen molar-refractivity contribution in [2.45, 2.75) is 58.5 Å². The monoisotopic (exact) mass is 463 g/mol. The number of aryl methyl sites for hydroxylation is 1. The Balaban J connectivity index is 2.43. The number of primary amides is 1.